The predicted octanol–water partition coefficient (Wildman–Crippen LogP) is 1.70. The number of carbonyl (C=O) groups excluding carboxylic acids is 1. The van der Waals surface area contributed by atoms with Gasteiger partial charge in [-0.3, -0.25) is 0 Å². The molecular weight excluding hydrogens is 260 g/mol. The van der Waals surface area contributed by atoms with Crippen LogP contribution < -0.4 is 5.32 Å². The van der Waals surface area contributed by atoms with Gasteiger partial charge in [0, 0.05) is 19.7 Å². The van der Waals surface area contributed by atoms with Crippen LogP contribution in [0, 0.1) is 5.41 Å². The summed E-state index contributed by atoms with van der Waals surface area (Å²) >= 11 is 0. The molecule has 2 atom stereocenters. The third-order valence-corrected chi connectivity index (χ3v) is 3.50. The highest BCUT2D eigenvalue weighted by Gasteiger charge is 2.34. The highest BCUT2D eigenvalue weighted by atomic mass is 16.5. The number of ether oxygens (including phenoxy) is 1. The van der Waals surface area contributed by atoms with E-state index in [-0.39, 0.29) is 12.1 Å². The van der Waals surface area contributed by atoms with Crippen molar-refractivity contribution in [1.82, 2.24) is 10.2 Å². The molecule has 1 saturated heterocycles. The first kappa shape index (κ1) is 16.8. The molecule has 0 aromatic carbocycles. The number of rotatable bonds is 5. The number of hydrogen-bond acceptors (Lipinski definition) is 3. The summed E-state index contributed by atoms with van der Waals surface area (Å²) in [6.45, 7) is 9.04. The molecule has 0 aromatic rings. The van der Waals surface area contributed by atoms with Gasteiger partial charge < -0.3 is 20.1 Å². The maximum absolute atomic E-state index is 12.2. The van der Waals surface area contributed by atoms with Crippen LogP contribution in [0.3, 0.4) is 0 Å². The van der Waals surface area contributed by atoms with Crippen molar-refractivity contribution in [2.24, 2.45) is 5.41 Å². The number of amides is 2. The fraction of sp³-hybridized carbons (Fsp3) is 0.857. The number of likely N-dealkylation sites (N-methyl/N-ethyl adjacent to an activating group) is 1. The fourth-order valence-electron chi connectivity index (χ4n) is 2.25. The molecule has 0 spiro atoms. The Labute approximate surface area is 120 Å². The van der Waals surface area contributed by atoms with Gasteiger partial charge in [-0.1, -0.05) is 20.8 Å². The highest BCUT2D eigenvalue weighted by molar-refractivity contribution is 5.83. The molecule has 116 valence electrons. The van der Waals surface area contributed by atoms with E-state index in [1.54, 1.807) is 25.7 Å². The summed E-state index contributed by atoms with van der Waals surface area (Å²) in [5.74, 6) is -1.01. The van der Waals surface area contributed by atoms with Gasteiger partial charge in [0.05, 0.1) is 6.10 Å². The second-order valence-electron chi connectivity index (χ2n) is 6.26. The lowest BCUT2D eigenvalue weighted by Gasteiger charge is -2.31. The van der Waals surface area contributed by atoms with Gasteiger partial charge in [-0.15, -0.1) is 0 Å². The second kappa shape index (κ2) is 6.92. The van der Waals surface area contributed by atoms with Crippen LogP contribution in [-0.2, 0) is 9.53 Å². The molecule has 2 unspecified atom stereocenters. The van der Waals surface area contributed by atoms with Crippen LogP contribution in [0.25, 0.3) is 0 Å². The van der Waals surface area contributed by atoms with Crippen LogP contribution in [0.1, 0.15) is 40.5 Å². The smallest absolute Gasteiger partial charge is 0.326 e. The summed E-state index contributed by atoms with van der Waals surface area (Å²) < 4.78 is 5.52. The van der Waals surface area contributed by atoms with E-state index in [1.165, 1.54) is 0 Å². The molecule has 1 heterocycles. The number of carbonyl (C=O) groups is 2. The van der Waals surface area contributed by atoms with Crippen molar-refractivity contribution in [3.05, 3.63) is 0 Å². The molecule has 6 heteroatoms. The van der Waals surface area contributed by atoms with E-state index in [0.717, 1.165) is 19.4 Å². The largest absolute Gasteiger partial charge is 0.480 e. The quantitative estimate of drug-likeness (QED) is 0.806. The van der Waals surface area contributed by atoms with Gasteiger partial charge >= 0.3 is 12.0 Å². The Morgan fingerprint density at radius 3 is 2.50 bits per heavy atom. The fourth-order valence-corrected chi connectivity index (χ4v) is 2.25. The Kier molecular flexibility index (Phi) is 5.80. The van der Waals surface area contributed by atoms with E-state index in [9.17, 15) is 14.7 Å². The van der Waals surface area contributed by atoms with Gasteiger partial charge in [0.1, 0.15) is 6.04 Å². The number of carboxylic acid groups (broad SMARTS) is 1. The van der Waals surface area contributed by atoms with Crippen molar-refractivity contribution in [2.45, 2.75) is 52.7 Å². The molecule has 0 radical (unpaired) electrons. The third kappa shape index (κ3) is 4.67. The molecule has 2 N–H and O–H groups in total. The number of urea groups is 1. The maximum Gasteiger partial charge on any atom is 0.326 e. The predicted molar refractivity (Wildman–Crippen MR) is 75.6 cm³/mol. The first-order chi connectivity index (χ1) is 9.25. The molecule has 1 aliphatic heterocycles. The minimum absolute atomic E-state index is 0.0682. The van der Waals surface area contributed by atoms with Gasteiger partial charge in [-0.2, -0.15) is 0 Å². The van der Waals surface area contributed by atoms with Crippen LogP contribution >= 0.6 is 0 Å². The summed E-state index contributed by atoms with van der Waals surface area (Å²) in [4.78, 5) is 25.1. The minimum Gasteiger partial charge on any atom is -0.480 e. The Morgan fingerprint density at radius 2 is 2.10 bits per heavy atom. The molecule has 6 nitrogen and oxygen atoms in total. The lowest BCUT2D eigenvalue weighted by Crippen LogP contribution is -2.54. The normalized spacial score (nSPS) is 20.5. The van der Waals surface area contributed by atoms with E-state index in [0.29, 0.717) is 13.1 Å². The summed E-state index contributed by atoms with van der Waals surface area (Å²) in [6.07, 6.45) is 2.04. The van der Waals surface area contributed by atoms with Gasteiger partial charge in [0.2, 0.25) is 0 Å². The van der Waals surface area contributed by atoms with Gasteiger partial charge in [0.25, 0.3) is 0 Å². The summed E-state index contributed by atoms with van der Waals surface area (Å²) in [7, 11) is 0. The van der Waals surface area contributed by atoms with Crippen molar-refractivity contribution in [3.8, 4) is 0 Å². The zero-order valence-corrected chi connectivity index (χ0v) is 12.8. The van der Waals surface area contributed by atoms with E-state index in [1.807, 2.05) is 6.92 Å². The number of aliphatic carboxylic acids is 1. The Morgan fingerprint density at radius 1 is 1.45 bits per heavy atom. The Balaban J connectivity index is 2.62. The first-order valence-corrected chi connectivity index (χ1v) is 7.15. The summed E-state index contributed by atoms with van der Waals surface area (Å²) in [6, 6.07) is -1.25. The van der Waals surface area contributed by atoms with E-state index >= 15 is 0 Å². The Hall–Kier alpha value is -1.30. The van der Waals surface area contributed by atoms with Crippen molar-refractivity contribution < 1.29 is 19.4 Å². The van der Waals surface area contributed by atoms with Crippen LogP contribution in [0.2, 0.25) is 0 Å². The maximum atomic E-state index is 12.2. The van der Waals surface area contributed by atoms with Crippen molar-refractivity contribution in [2.75, 3.05) is 19.7 Å². The molecule has 1 rings (SSSR count). The molecule has 0 aliphatic carbocycles. The van der Waals surface area contributed by atoms with E-state index in [2.05, 4.69) is 5.32 Å². The van der Waals surface area contributed by atoms with Crippen LogP contribution in [0.4, 0.5) is 4.79 Å². The molecule has 0 bridgehead atoms. The molecule has 2 amide bonds. The van der Waals surface area contributed by atoms with Crippen LogP contribution in [0.5, 0.6) is 0 Å². The average molecular weight is 286 g/mol. The average Bonchev–Trinajstić information content (AvgIpc) is 2.83. The lowest BCUT2D eigenvalue weighted by atomic mass is 9.87. The molecular formula is C14H26N2O4. The monoisotopic (exact) mass is 286 g/mol. The highest BCUT2D eigenvalue weighted by Crippen LogP contribution is 2.20. The molecule has 20 heavy (non-hydrogen) atoms. The van der Waals surface area contributed by atoms with Crippen molar-refractivity contribution >= 4 is 12.0 Å². The van der Waals surface area contributed by atoms with Crippen molar-refractivity contribution in [3.63, 3.8) is 0 Å². The van der Waals surface area contributed by atoms with E-state index < -0.39 is 17.4 Å². The molecule has 1 aliphatic rings. The number of nitrogens with zero attached hydrogens (tertiary/aromatic N) is 1. The topological polar surface area (TPSA) is 78.9 Å². The number of hydrogen-bond donors (Lipinski definition) is 2. The van der Waals surface area contributed by atoms with Crippen LogP contribution in [0.15, 0.2) is 0 Å². The number of nitrogens with one attached hydrogen (secondary N) is 1. The summed E-state index contributed by atoms with van der Waals surface area (Å²) in [5, 5.41) is 11.9. The number of carboxylic acids is 1. The third-order valence-electron chi connectivity index (χ3n) is 3.50. The van der Waals surface area contributed by atoms with Gasteiger partial charge in [-0.25, -0.2) is 9.59 Å². The lowest BCUT2D eigenvalue weighted by molar-refractivity contribution is -0.142. The van der Waals surface area contributed by atoms with Crippen molar-refractivity contribution in [1.29, 1.82) is 0 Å². The molecule has 1 fully saturated rings. The zero-order valence-electron chi connectivity index (χ0n) is 12.8. The molecule has 0 saturated carbocycles. The van der Waals surface area contributed by atoms with Gasteiger partial charge in [-0.05, 0) is 25.2 Å². The van der Waals surface area contributed by atoms with E-state index in [4.69, 9.17) is 4.74 Å². The standard InChI is InChI=1S/C14H26N2O4/c1-5-16(9-10-7-6-8-20-10)13(19)15-11(12(17)18)14(2,3)4/h10-11H,5-9H2,1-4H3,(H,15,19)(H,17,18). The summed E-state index contributed by atoms with van der Waals surface area (Å²) in [5.41, 5.74) is -0.537. The SMILES string of the molecule is CCN(CC1CCCO1)C(=O)NC(C(=O)O)C(C)(C)C. The minimum atomic E-state index is -1.01. The van der Waals surface area contributed by atoms with Gasteiger partial charge in [0.15, 0.2) is 0 Å². The van der Waals surface area contributed by atoms with Crippen LogP contribution in [-0.4, -0.2) is 53.8 Å². The molecule has 0 aromatic heterocycles. The Bertz CT molecular complexity index is 346. The zero-order chi connectivity index (χ0) is 15.3. The second-order valence-corrected chi connectivity index (χ2v) is 6.26. The first-order valence-electron chi connectivity index (χ1n) is 7.15.